The summed E-state index contributed by atoms with van der Waals surface area (Å²) < 4.78 is 11.8. The van der Waals surface area contributed by atoms with E-state index >= 15 is 0 Å². The van der Waals surface area contributed by atoms with Crippen molar-refractivity contribution in [3.05, 3.63) is 69.8 Å². The van der Waals surface area contributed by atoms with Crippen molar-refractivity contribution in [1.82, 2.24) is 14.5 Å². The zero-order chi connectivity index (χ0) is 26.2. The van der Waals surface area contributed by atoms with Gasteiger partial charge >= 0.3 is 5.97 Å². The molecule has 8 nitrogen and oxygen atoms in total. The molecule has 0 bridgehead atoms. The van der Waals surface area contributed by atoms with Gasteiger partial charge in [0.05, 0.1) is 35.7 Å². The lowest BCUT2D eigenvalue weighted by atomic mass is 10.1. The second kappa shape index (κ2) is 12.4. The van der Waals surface area contributed by atoms with Gasteiger partial charge in [-0.2, -0.15) is 0 Å². The zero-order valence-corrected chi connectivity index (χ0v) is 21.7. The minimum atomic E-state index is -0.533. The molecule has 0 saturated carbocycles. The number of aryl methyl sites for hydroxylation is 2. The predicted octanol–water partition coefficient (Wildman–Crippen LogP) is 4.27. The second-order valence-corrected chi connectivity index (χ2v) is 8.83. The van der Waals surface area contributed by atoms with Gasteiger partial charge in [0, 0.05) is 26.7 Å². The van der Waals surface area contributed by atoms with Gasteiger partial charge in [0.15, 0.2) is 0 Å². The number of para-hydroxylation sites is 1. The van der Waals surface area contributed by atoms with Crippen LogP contribution in [0.15, 0.2) is 47.3 Å². The van der Waals surface area contributed by atoms with Gasteiger partial charge < -0.3 is 14.4 Å². The summed E-state index contributed by atoms with van der Waals surface area (Å²) in [6.07, 6.45) is 0.611. The van der Waals surface area contributed by atoms with E-state index in [1.54, 1.807) is 35.6 Å². The molecule has 1 amide bonds. The van der Waals surface area contributed by atoms with Gasteiger partial charge in [-0.25, -0.2) is 4.98 Å². The van der Waals surface area contributed by atoms with Gasteiger partial charge in [-0.05, 0) is 57.9 Å². The molecule has 1 unspecified atom stereocenters. The number of esters is 1. The second-order valence-electron chi connectivity index (χ2n) is 8.83. The molecule has 3 aromatic rings. The van der Waals surface area contributed by atoms with Gasteiger partial charge in [0.2, 0.25) is 5.91 Å². The van der Waals surface area contributed by atoms with E-state index in [0.29, 0.717) is 36.3 Å². The molecule has 0 aliphatic heterocycles. The molecule has 192 valence electrons. The molecule has 0 aliphatic rings. The van der Waals surface area contributed by atoms with E-state index in [9.17, 15) is 14.4 Å². The largest absolute Gasteiger partial charge is 0.466 e. The molecule has 2 aromatic carbocycles. The lowest BCUT2D eigenvalue weighted by Gasteiger charge is -2.31. The van der Waals surface area contributed by atoms with Crippen molar-refractivity contribution < 1.29 is 19.1 Å². The van der Waals surface area contributed by atoms with Crippen LogP contribution in [0.1, 0.15) is 56.1 Å². The highest BCUT2D eigenvalue weighted by atomic mass is 16.5. The molecule has 0 fully saturated rings. The standard InChI is InChI=1S/C28H35N3O5/c1-6-36-26(33)15-14-25(32)30(16-9-17-35-5)21(4)27-29-23-11-8-7-10-22(23)28(34)31(27)24-13-12-19(2)18-20(24)3/h7-8,10-13,18,21H,6,9,14-17H2,1-5H3. The molecule has 1 heterocycles. The summed E-state index contributed by atoms with van der Waals surface area (Å²) in [7, 11) is 1.61. The lowest BCUT2D eigenvalue weighted by Crippen LogP contribution is -2.38. The van der Waals surface area contributed by atoms with Crippen molar-refractivity contribution in [1.29, 1.82) is 0 Å². The van der Waals surface area contributed by atoms with Crippen molar-refractivity contribution in [3.8, 4) is 5.69 Å². The Morgan fingerprint density at radius 1 is 1.11 bits per heavy atom. The fourth-order valence-electron chi connectivity index (χ4n) is 4.36. The first-order valence-corrected chi connectivity index (χ1v) is 12.3. The highest BCUT2D eigenvalue weighted by molar-refractivity contribution is 5.82. The number of amides is 1. The van der Waals surface area contributed by atoms with Crippen LogP contribution < -0.4 is 5.56 Å². The van der Waals surface area contributed by atoms with Crippen LogP contribution in [0, 0.1) is 13.8 Å². The Hall–Kier alpha value is -3.52. The summed E-state index contributed by atoms with van der Waals surface area (Å²) in [4.78, 5) is 45.5. The van der Waals surface area contributed by atoms with Gasteiger partial charge in [-0.3, -0.25) is 19.0 Å². The maximum atomic E-state index is 13.8. The molecule has 0 aliphatic carbocycles. The normalized spacial score (nSPS) is 11.9. The summed E-state index contributed by atoms with van der Waals surface area (Å²) in [5, 5.41) is 0.507. The maximum Gasteiger partial charge on any atom is 0.306 e. The number of nitrogens with zero attached hydrogens (tertiary/aromatic N) is 3. The SMILES string of the molecule is CCOC(=O)CCC(=O)N(CCCOC)C(C)c1nc2ccccc2c(=O)n1-c1ccc(C)cc1C. The predicted molar refractivity (Wildman–Crippen MR) is 139 cm³/mol. The van der Waals surface area contributed by atoms with Crippen LogP contribution in [0.3, 0.4) is 0 Å². The number of ether oxygens (including phenoxy) is 2. The zero-order valence-electron chi connectivity index (χ0n) is 21.7. The van der Waals surface area contributed by atoms with E-state index in [1.165, 1.54) is 0 Å². The number of carbonyl (C=O) groups excluding carboxylic acids is 2. The fraction of sp³-hybridized carbons (Fsp3) is 0.429. The molecule has 0 radical (unpaired) electrons. The molecule has 0 saturated heterocycles. The van der Waals surface area contributed by atoms with Gasteiger partial charge in [-0.1, -0.05) is 29.8 Å². The first kappa shape index (κ1) is 27.1. The fourth-order valence-corrected chi connectivity index (χ4v) is 4.36. The Labute approximate surface area is 211 Å². The Balaban J connectivity index is 2.12. The highest BCUT2D eigenvalue weighted by Crippen LogP contribution is 2.25. The number of benzene rings is 2. The summed E-state index contributed by atoms with van der Waals surface area (Å²) in [6, 6.07) is 12.6. The molecule has 0 N–H and O–H groups in total. The van der Waals surface area contributed by atoms with E-state index in [0.717, 1.165) is 16.8 Å². The lowest BCUT2D eigenvalue weighted by molar-refractivity contribution is -0.146. The summed E-state index contributed by atoms with van der Waals surface area (Å²) in [5.74, 6) is -0.153. The van der Waals surface area contributed by atoms with Crippen LogP contribution in [-0.4, -0.2) is 53.2 Å². The Bertz CT molecular complexity index is 1280. The molecule has 8 heteroatoms. The number of carbonyl (C=O) groups is 2. The van der Waals surface area contributed by atoms with E-state index in [-0.39, 0.29) is 30.9 Å². The van der Waals surface area contributed by atoms with Crippen LogP contribution in [0.5, 0.6) is 0 Å². The van der Waals surface area contributed by atoms with Crippen molar-refractivity contribution in [2.45, 2.75) is 53.0 Å². The first-order valence-electron chi connectivity index (χ1n) is 12.3. The Morgan fingerprint density at radius 2 is 1.86 bits per heavy atom. The number of aromatic nitrogens is 2. The highest BCUT2D eigenvalue weighted by Gasteiger charge is 2.27. The molecule has 3 rings (SSSR count). The molecule has 36 heavy (non-hydrogen) atoms. The van der Waals surface area contributed by atoms with Gasteiger partial charge in [0.25, 0.3) is 5.56 Å². The third-order valence-corrected chi connectivity index (χ3v) is 6.15. The van der Waals surface area contributed by atoms with E-state index < -0.39 is 12.0 Å². The maximum absolute atomic E-state index is 13.8. The van der Waals surface area contributed by atoms with Gasteiger partial charge in [0.1, 0.15) is 5.82 Å². The van der Waals surface area contributed by atoms with E-state index in [1.807, 2.05) is 51.1 Å². The number of rotatable bonds is 11. The summed E-state index contributed by atoms with van der Waals surface area (Å²) in [6.45, 7) is 8.70. The summed E-state index contributed by atoms with van der Waals surface area (Å²) in [5.41, 5.74) is 3.12. The minimum Gasteiger partial charge on any atom is -0.466 e. The third-order valence-electron chi connectivity index (χ3n) is 6.15. The Morgan fingerprint density at radius 3 is 2.56 bits per heavy atom. The van der Waals surface area contributed by atoms with Crippen LogP contribution in [-0.2, 0) is 19.1 Å². The van der Waals surface area contributed by atoms with Crippen LogP contribution in [0.25, 0.3) is 16.6 Å². The van der Waals surface area contributed by atoms with E-state index in [2.05, 4.69) is 0 Å². The summed E-state index contributed by atoms with van der Waals surface area (Å²) >= 11 is 0. The topological polar surface area (TPSA) is 90.7 Å². The third kappa shape index (κ3) is 6.18. The Kier molecular flexibility index (Phi) is 9.36. The minimum absolute atomic E-state index is 0.00477. The van der Waals surface area contributed by atoms with Crippen LogP contribution in [0.4, 0.5) is 0 Å². The van der Waals surface area contributed by atoms with Crippen LogP contribution >= 0.6 is 0 Å². The number of fused-ring (bicyclic) bond motifs is 1. The molecule has 0 spiro atoms. The van der Waals surface area contributed by atoms with Crippen molar-refractivity contribution in [3.63, 3.8) is 0 Å². The molecule has 1 atom stereocenters. The number of hydrogen-bond donors (Lipinski definition) is 0. The van der Waals surface area contributed by atoms with Crippen LogP contribution in [0.2, 0.25) is 0 Å². The van der Waals surface area contributed by atoms with E-state index in [4.69, 9.17) is 14.5 Å². The number of methoxy groups -OCH3 is 1. The molecular formula is C28H35N3O5. The molecule has 1 aromatic heterocycles. The van der Waals surface area contributed by atoms with Gasteiger partial charge in [-0.15, -0.1) is 0 Å². The average molecular weight is 494 g/mol. The van der Waals surface area contributed by atoms with Crippen molar-refractivity contribution in [2.24, 2.45) is 0 Å². The number of hydrogen-bond acceptors (Lipinski definition) is 6. The first-order chi connectivity index (χ1) is 17.3. The quantitative estimate of drug-likeness (QED) is 0.293. The average Bonchev–Trinajstić information content (AvgIpc) is 2.85. The van der Waals surface area contributed by atoms with Crippen molar-refractivity contribution >= 4 is 22.8 Å². The monoisotopic (exact) mass is 493 g/mol. The smallest absolute Gasteiger partial charge is 0.306 e. The van der Waals surface area contributed by atoms with Crippen molar-refractivity contribution in [2.75, 3.05) is 26.9 Å². The molecular weight excluding hydrogens is 458 g/mol.